The molecule has 0 aromatic heterocycles. The standard InChI is InChI=1S/C11H9ClO4/c1-11(10(14)15)5-6-2-3-7(12)4-8(6)9(13)16-11/h2-4H,5H2,1H3,(H,14,15)/t11-/m0/s1. The Morgan fingerprint density at radius 2 is 2.25 bits per heavy atom. The monoisotopic (exact) mass is 240 g/mol. The van der Waals surface area contributed by atoms with Gasteiger partial charge in [0, 0.05) is 11.4 Å². The number of esters is 1. The Hall–Kier alpha value is -1.55. The van der Waals surface area contributed by atoms with Crippen molar-refractivity contribution < 1.29 is 19.4 Å². The van der Waals surface area contributed by atoms with E-state index in [0.717, 1.165) is 0 Å². The summed E-state index contributed by atoms with van der Waals surface area (Å²) in [5, 5.41) is 9.42. The molecule has 0 saturated heterocycles. The molecule has 0 saturated carbocycles. The van der Waals surface area contributed by atoms with Crippen molar-refractivity contribution >= 4 is 23.5 Å². The second-order valence-electron chi connectivity index (χ2n) is 3.90. The van der Waals surface area contributed by atoms with Crippen LogP contribution in [-0.2, 0) is 16.0 Å². The highest BCUT2D eigenvalue weighted by molar-refractivity contribution is 6.31. The number of carbonyl (C=O) groups is 2. The maximum absolute atomic E-state index is 11.6. The minimum Gasteiger partial charge on any atom is -0.478 e. The minimum atomic E-state index is -1.49. The molecule has 0 fully saturated rings. The number of ether oxygens (including phenoxy) is 1. The van der Waals surface area contributed by atoms with Gasteiger partial charge in [-0.25, -0.2) is 9.59 Å². The van der Waals surface area contributed by atoms with Gasteiger partial charge in [-0.2, -0.15) is 0 Å². The van der Waals surface area contributed by atoms with Crippen molar-refractivity contribution in [1.29, 1.82) is 0 Å². The lowest BCUT2D eigenvalue weighted by atomic mass is 9.90. The van der Waals surface area contributed by atoms with Crippen molar-refractivity contribution in [1.82, 2.24) is 0 Å². The Morgan fingerprint density at radius 1 is 1.56 bits per heavy atom. The van der Waals surface area contributed by atoms with Crippen LogP contribution in [0.1, 0.15) is 22.8 Å². The van der Waals surface area contributed by atoms with Gasteiger partial charge >= 0.3 is 11.9 Å². The van der Waals surface area contributed by atoms with E-state index in [1.807, 2.05) is 0 Å². The molecular weight excluding hydrogens is 232 g/mol. The van der Waals surface area contributed by atoms with Gasteiger partial charge in [0.25, 0.3) is 0 Å². The fraction of sp³-hybridized carbons (Fsp3) is 0.273. The zero-order chi connectivity index (χ0) is 11.9. The molecule has 1 heterocycles. The first-order valence-corrected chi connectivity index (χ1v) is 5.05. The average Bonchev–Trinajstić information content (AvgIpc) is 2.19. The third-order valence-corrected chi connectivity index (χ3v) is 2.83. The van der Waals surface area contributed by atoms with Crippen LogP contribution in [0.5, 0.6) is 0 Å². The smallest absolute Gasteiger partial charge is 0.348 e. The van der Waals surface area contributed by atoms with Gasteiger partial charge in [-0.15, -0.1) is 0 Å². The average molecular weight is 241 g/mol. The number of carboxylic acid groups (broad SMARTS) is 1. The van der Waals surface area contributed by atoms with E-state index in [-0.39, 0.29) is 6.42 Å². The van der Waals surface area contributed by atoms with Gasteiger partial charge in [0.2, 0.25) is 5.60 Å². The first-order chi connectivity index (χ1) is 7.42. The van der Waals surface area contributed by atoms with Gasteiger partial charge in [-0.3, -0.25) is 0 Å². The van der Waals surface area contributed by atoms with Crippen LogP contribution in [0.4, 0.5) is 0 Å². The number of fused-ring (bicyclic) bond motifs is 1. The molecule has 16 heavy (non-hydrogen) atoms. The summed E-state index contributed by atoms with van der Waals surface area (Å²) in [6, 6.07) is 4.77. The molecule has 1 aromatic carbocycles. The summed E-state index contributed by atoms with van der Waals surface area (Å²) in [5.74, 6) is -1.80. The van der Waals surface area contributed by atoms with Gasteiger partial charge < -0.3 is 9.84 Å². The van der Waals surface area contributed by atoms with Gasteiger partial charge in [0.1, 0.15) is 0 Å². The van der Waals surface area contributed by atoms with E-state index in [9.17, 15) is 9.59 Å². The Balaban J connectivity index is 2.49. The summed E-state index contributed by atoms with van der Waals surface area (Å²) in [7, 11) is 0. The Labute approximate surface area is 96.8 Å². The summed E-state index contributed by atoms with van der Waals surface area (Å²) < 4.78 is 4.92. The topological polar surface area (TPSA) is 63.6 Å². The van der Waals surface area contributed by atoms with Crippen LogP contribution in [0.25, 0.3) is 0 Å². The molecule has 84 valence electrons. The summed E-state index contributed by atoms with van der Waals surface area (Å²) in [6.07, 6.45) is 0.153. The maximum Gasteiger partial charge on any atom is 0.348 e. The first-order valence-electron chi connectivity index (χ1n) is 4.67. The molecule has 2 rings (SSSR count). The van der Waals surface area contributed by atoms with E-state index in [4.69, 9.17) is 21.4 Å². The van der Waals surface area contributed by atoms with Crippen molar-refractivity contribution in [3.8, 4) is 0 Å². The number of halogens is 1. The normalized spacial score (nSPS) is 23.5. The molecule has 0 spiro atoms. The Bertz CT molecular complexity index is 483. The zero-order valence-corrected chi connectivity index (χ0v) is 9.25. The zero-order valence-electron chi connectivity index (χ0n) is 8.49. The number of hydrogen-bond donors (Lipinski definition) is 1. The SMILES string of the molecule is C[C@@]1(C(=O)O)Cc2ccc(Cl)cc2C(=O)O1. The third-order valence-electron chi connectivity index (χ3n) is 2.59. The largest absolute Gasteiger partial charge is 0.478 e. The van der Waals surface area contributed by atoms with Gasteiger partial charge in [-0.05, 0) is 24.6 Å². The first kappa shape index (κ1) is 11.0. The number of hydrogen-bond acceptors (Lipinski definition) is 3. The van der Waals surface area contributed by atoms with Gasteiger partial charge in [0.15, 0.2) is 0 Å². The molecule has 0 aliphatic carbocycles. The molecule has 0 radical (unpaired) electrons. The molecule has 0 unspecified atom stereocenters. The van der Waals surface area contributed by atoms with E-state index >= 15 is 0 Å². The Morgan fingerprint density at radius 3 is 2.88 bits per heavy atom. The number of carbonyl (C=O) groups excluding carboxylic acids is 1. The lowest BCUT2D eigenvalue weighted by Crippen LogP contribution is -2.45. The van der Waals surface area contributed by atoms with Crippen LogP contribution < -0.4 is 0 Å². The van der Waals surface area contributed by atoms with Crippen molar-refractivity contribution in [2.75, 3.05) is 0 Å². The fourth-order valence-corrected chi connectivity index (χ4v) is 1.84. The molecule has 0 bridgehead atoms. The second kappa shape index (κ2) is 3.49. The number of benzene rings is 1. The van der Waals surface area contributed by atoms with Crippen molar-refractivity contribution in [2.45, 2.75) is 18.9 Å². The van der Waals surface area contributed by atoms with Crippen LogP contribution in [-0.4, -0.2) is 22.6 Å². The second-order valence-corrected chi connectivity index (χ2v) is 4.34. The number of aliphatic carboxylic acids is 1. The van der Waals surface area contributed by atoms with Crippen LogP contribution in [0.2, 0.25) is 5.02 Å². The third kappa shape index (κ3) is 1.65. The van der Waals surface area contributed by atoms with Gasteiger partial charge in [0.05, 0.1) is 5.56 Å². The van der Waals surface area contributed by atoms with Crippen LogP contribution in [0.15, 0.2) is 18.2 Å². The fourth-order valence-electron chi connectivity index (χ4n) is 1.67. The van der Waals surface area contributed by atoms with E-state index in [1.165, 1.54) is 13.0 Å². The molecular formula is C11H9ClO4. The lowest BCUT2D eigenvalue weighted by molar-refractivity contribution is -0.158. The van der Waals surface area contributed by atoms with Crippen molar-refractivity contribution in [3.05, 3.63) is 34.3 Å². The molecule has 0 amide bonds. The summed E-state index contributed by atoms with van der Waals surface area (Å²) in [4.78, 5) is 22.6. The van der Waals surface area contributed by atoms with Crippen molar-refractivity contribution in [3.63, 3.8) is 0 Å². The minimum absolute atomic E-state index is 0.153. The predicted molar refractivity (Wildman–Crippen MR) is 56.6 cm³/mol. The van der Waals surface area contributed by atoms with Crippen LogP contribution >= 0.6 is 11.6 Å². The van der Waals surface area contributed by atoms with E-state index in [1.54, 1.807) is 12.1 Å². The van der Waals surface area contributed by atoms with E-state index in [2.05, 4.69) is 0 Å². The predicted octanol–water partition coefficient (Wildman–Crippen LogP) is 1.90. The maximum atomic E-state index is 11.6. The number of rotatable bonds is 1. The number of carboxylic acids is 1. The van der Waals surface area contributed by atoms with E-state index < -0.39 is 17.5 Å². The molecule has 1 aliphatic heterocycles. The number of cyclic esters (lactones) is 1. The summed E-state index contributed by atoms with van der Waals surface area (Å²) in [6.45, 7) is 1.38. The van der Waals surface area contributed by atoms with Crippen LogP contribution in [0, 0.1) is 0 Å². The van der Waals surface area contributed by atoms with Crippen LogP contribution in [0.3, 0.4) is 0 Å². The molecule has 1 aromatic rings. The highest BCUT2D eigenvalue weighted by atomic mass is 35.5. The summed E-state index contributed by atoms with van der Waals surface area (Å²) in [5.41, 5.74) is -0.505. The Kier molecular flexibility index (Phi) is 2.39. The molecule has 5 heteroatoms. The molecule has 1 atom stereocenters. The molecule has 1 aliphatic rings. The highest BCUT2D eigenvalue weighted by Gasteiger charge is 2.42. The van der Waals surface area contributed by atoms with Crippen molar-refractivity contribution in [2.24, 2.45) is 0 Å². The summed E-state index contributed by atoms with van der Waals surface area (Å²) >= 11 is 5.75. The quantitative estimate of drug-likeness (QED) is 0.762. The highest BCUT2D eigenvalue weighted by Crippen LogP contribution is 2.29. The van der Waals surface area contributed by atoms with E-state index in [0.29, 0.717) is 16.1 Å². The lowest BCUT2D eigenvalue weighted by Gasteiger charge is -2.30. The molecule has 1 N–H and O–H groups in total. The van der Waals surface area contributed by atoms with Gasteiger partial charge in [-0.1, -0.05) is 17.7 Å². The molecule has 4 nitrogen and oxygen atoms in total.